The van der Waals surface area contributed by atoms with Crippen molar-refractivity contribution >= 4 is 0 Å². The first-order valence-electron chi connectivity index (χ1n) is 8.66. The van der Waals surface area contributed by atoms with Crippen molar-refractivity contribution in [2.24, 2.45) is 0 Å². The van der Waals surface area contributed by atoms with Gasteiger partial charge in [-0.2, -0.15) is 13.2 Å². The molecule has 4 rings (SSSR count). The Morgan fingerprint density at radius 2 is 1.85 bits per heavy atom. The average Bonchev–Trinajstić information content (AvgIpc) is 3.08. The Bertz CT molecular complexity index is 921. The summed E-state index contributed by atoms with van der Waals surface area (Å²) in [4.78, 5) is 13.6. The fourth-order valence-corrected chi connectivity index (χ4v) is 3.28. The summed E-state index contributed by atoms with van der Waals surface area (Å²) in [5.41, 5.74) is 3.50. The van der Waals surface area contributed by atoms with Crippen molar-refractivity contribution in [1.82, 2.24) is 24.4 Å². The van der Waals surface area contributed by atoms with Gasteiger partial charge in [0, 0.05) is 50.6 Å². The number of imidazole rings is 1. The van der Waals surface area contributed by atoms with Gasteiger partial charge in [-0.05, 0) is 5.56 Å². The number of hydrogen-bond acceptors (Lipinski definition) is 4. The van der Waals surface area contributed by atoms with Gasteiger partial charge in [0.1, 0.15) is 0 Å². The van der Waals surface area contributed by atoms with Crippen LogP contribution in [-0.4, -0.2) is 31.0 Å². The second-order valence-electron chi connectivity index (χ2n) is 6.62. The lowest BCUT2D eigenvalue weighted by molar-refractivity contribution is -0.145. The highest BCUT2D eigenvalue weighted by Gasteiger charge is 2.35. The fraction of sp³-hybridized carbons (Fsp3) is 0.316. The van der Waals surface area contributed by atoms with Crippen LogP contribution in [0.5, 0.6) is 0 Å². The van der Waals surface area contributed by atoms with Gasteiger partial charge in [-0.1, -0.05) is 30.3 Å². The van der Waals surface area contributed by atoms with Crippen molar-refractivity contribution in [1.29, 1.82) is 0 Å². The number of fused-ring (bicyclic) bond motifs is 1. The first-order chi connectivity index (χ1) is 13.0. The van der Waals surface area contributed by atoms with E-state index in [1.807, 2.05) is 24.4 Å². The minimum absolute atomic E-state index is 0.480. The first kappa shape index (κ1) is 17.7. The molecule has 0 saturated heterocycles. The van der Waals surface area contributed by atoms with E-state index in [1.165, 1.54) is 11.8 Å². The van der Waals surface area contributed by atoms with Crippen LogP contribution in [0.15, 0.2) is 49.1 Å². The molecular formula is C19H18F3N5. The molecule has 0 amide bonds. The summed E-state index contributed by atoms with van der Waals surface area (Å²) in [5.74, 6) is -1.06. The lowest BCUT2D eigenvalue weighted by atomic mass is 10.1. The number of aromatic nitrogens is 4. The predicted molar refractivity (Wildman–Crippen MR) is 92.6 cm³/mol. The largest absolute Gasteiger partial charge is 0.451 e. The van der Waals surface area contributed by atoms with E-state index in [-0.39, 0.29) is 0 Å². The molecule has 1 aliphatic rings. The van der Waals surface area contributed by atoms with Crippen LogP contribution in [0.25, 0.3) is 0 Å². The first-order valence-corrected chi connectivity index (χ1v) is 8.66. The van der Waals surface area contributed by atoms with Gasteiger partial charge >= 0.3 is 6.18 Å². The normalized spacial score (nSPS) is 14.9. The van der Waals surface area contributed by atoms with Gasteiger partial charge in [-0.15, -0.1) is 0 Å². The summed E-state index contributed by atoms with van der Waals surface area (Å²) in [6, 6.07) is 10.1. The SMILES string of the molecule is FC(F)(F)c1ncc2c(n1)CCN(Cc1cncn1Cc1ccccc1)C2. The van der Waals surface area contributed by atoms with Crippen molar-refractivity contribution < 1.29 is 13.2 Å². The van der Waals surface area contributed by atoms with Crippen LogP contribution >= 0.6 is 0 Å². The lowest BCUT2D eigenvalue weighted by Crippen LogP contribution is -2.32. The van der Waals surface area contributed by atoms with Crippen LogP contribution in [0.4, 0.5) is 13.2 Å². The third-order valence-electron chi connectivity index (χ3n) is 4.65. The molecule has 3 aromatic rings. The molecule has 140 valence electrons. The van der Waals surface area contributed by atoms with E-state index < -0.39 is 12.0 Å². The van der Waals surface area contributed by atoms with Crippen LogP contribution in [0.1, 0.15) is 28.3 Å². The molecule has 8 heteroatoms. The van der Waals surface area contributed by atoms with E-state index in [0.29, 0.717) is 31.7 Å². The van der Waals surface area contributed by atoms with E-state index in [1.54, 1.807) is 6.33 Å². The fourth-order valence-electron chi connectivity index (χ4n) is 3.28. The molecule has 3 heterocycles. The predicted octanol–water partition coefficient (Wildman–Crippen LogP) is 3.30. The Kier molecular flexibility index (Phi) is 4.65. The maximum absolute atomic E-state index is 12.8. The Balaban J connectivity index is 1.46. The molecule has 1 aliphatic heterocycles. The molecule has 27 heavy (non-hydrogen) atoms. The molecule has 5 nitrogen and oxygen atoms in total. The number of rotatable bonds is 4. The van der Waals surface area contributed by atoms with Crippen LogP contribution in [0.2, 0.25) is 0 Å². The number of benzene rings is 1. The number of halogens is 3. The van der Waals surface area contributed by atoms with Crippen LogP contribution in [0.3, 0.4) is 0 Å². The minimum atomic E-state index is -4.50. The molecule has 0 aliphatic carbocycles. The second-order valence-corrected chi connectivity index (χ2v) is 6.62. The summed E-state index contributed by atoms with van der Waals surface area (Å²) < 4.78 is 40.4. The molecule has 0 atom stereocenters. The van der Waals surface area contributed by atoms with Gasteiger partial charge < -0.3 is 4.57 Å². The Morgan fingerprint density at radius 1 is 1.04 bits per heavy atom. The zero-order valence-corrected chi connectivity index (χ0v) is 14.5. The third kappa shape index (κ3) is 4.00. The van der Waals surface area contributed by atoms with Crippen molar-refractivity contribution in [2.75, 3.05) is 6.54 Å². The van der Waals surface area contributed by atoms with Gasteiger partial charge in [0.2, 0.25) is 5.82 Å². The summed E-state index contributed by atoms with van der Waals surface area (Å²) in [5, 5.41) is 0. The van der Waals surface area contributed by atoms with Gasteiger partial charge in [0.15, 0.2) is 0 Å². The third-order valence-corrected chi connectivity index (χ3v) is 4.65. The average molecular weight is 373 g/mol. The quantitative estimate of drug-likeness (QED) is 0.704. The molecule has 0 saturated carbocycles. The van der Waals surface area contributed by atoms with Crippen molar-refractivity contribution in [3.63, 3.8) is 0 Å². The Labute approximate surface area is 154 Å². The minimum Gasteiger partial charge on any atom is -0.329 e. The standard InChI is InChI=1S/C19H18F3N5/c20-19(21,22)18-24-8-15-11-26(7-6-17(15)25-18)12-16-9-23-13-27(16)10-14-4-2-1-3-5-14/h1-5,8-9,13H,6-7,10-12H2. The van der Waals surface area contributed by atoms with E-state index in [2.05, 4.69) is 36.6 Å². The van der Waals surface area contributed by atoms with E-state index in [0.717, 1.165) is 17.8 Å². The molecule has 1 aromatic carbocycles. The highest BCUT2D eigenvalue weighted by molar-refractivity contribution is 5.22. The van der Waals surface area contributed by atoms with Crippen LogP contribution in [0, 0.1) is 0 Å². The summed E-state index contributed by atoms with van der Waals surface area (Å²) in [7, 11) is 0. The molecule has 0 bridgehead atoms. The van der Waals surface area contributed by atoms with Crippen LogP contribution in [-0.2, 0) is 32.2 Å². The molecule has 0 N–H and O–H groups in total. The molecular weight excluding hydrogens is 355 g/mol. The van der Waals surface area contributed by atoms with Gasteiger partial charge in [-0.3, -0.25) is 4.90 Å². The van der Waals surface area contributed by atoms with E-state index in [9.17, 15) is 13.2 Å². The number of hydrogen-bond donors (Lipinski definition) is 0. The Morgan fingerprint density at radius 3 is 2.63 bits per heavy atom. The summed E-state index contributed by atoms with van der Waals surface area (Å²) in [6.07, 6.45) is 0.920. The van der Waals surface area contributed by atoms with E-state index in [4.69, 9.17) is 0 Å². The van der Waals surface area contributed by atoms with E-state index >= 15 is 0 Å². The topological polar surface area (TPSA) is 46.8 Å². The molecule has 0 unspecified atom stereocenters. The number of nitrogens with zero attached hydrogens (tertiary/aromatic N) is 5. The highest BCUT2D eigenvalue weighted by Crippen LogP contribution is 2.28. The zero-order valence-electron chi connectivity index (χ0n) is 14.5. The maximum atomic E-state index is 12.8. The Hall–Kier alpha value is -2.74. The van der Waals surface area contributed by atoms with Gasteiger partial charge in [-0.25, -0.2) is 15.0 Å². The van der Waals surface area contributed by atoms with Gasteiger partial charge in [0.05, 0.1) is 17.7 Å². The summed E-state index contributed by atoms with van der Waals surface area (Å²) in [6.45, 7) is 2.59. The highest BCUT2D eigenvalue weighted by atomic mass is 19.4. The number of alkyl halides is 3. The molecule has 0 spiro atoms. The van der Waals surface area contributed by atoms with Crippen molar-refractivity contribution in [3.05, 3.63) is 77.4 Å². The van der Waals surface area contributed by atoms with Crippen molar-refractivity contribution in [3.8, 4) is 0 Å². The lowest BCUT2D eigenvalue weighted by Gasteiger charge is -2.28. The van der Waals surface area contributed by atoms with Crippen LogP contribution < -0.4 is 0 Å². The van der Waals surface area contributed by atoms with Gasteiger partial charge in [0.25, 0.3) is 0 Å². The summed E-state index contributed by atoms with van der Waals surface area (Å²) >= 11 is 0. The molecule has 0 fully saturated rings. The molecule has 2 aromatic heterocycles. The van der Waals surface area contributed by atoms with Crippen molar-refractivity contribution in [2.45, 2.75) is 32.2 Å². The zero-order chi connectivity index (χ0) is 18.9. The maximum Gasteiger partial charge on any atom is 0.451 e. The smallest absolute Gasteiger partial charge is 0.329 e. The molecule has 0 radical (unpaired) electrons. The second kappa shape index (κ2) is 7.11. The monoisotopic (exact) mass is 373 g/mol.